The van der Waals surface area contributed by atoms with Gasteiger partial charge in [-0.3, -0.25) is 9.69 Å². The van der Waals surface area contributed by atoms with Crippen molar-refractivity contribution in [3.05, 3.63) is 71.3 Å². The molecule has 1 aliphatic heterocycles. The number of amides is 2. The lowest BCUT2D eigenvalue weighted by Crippen LogP contribution is -2.50. The Morgan fingerprint density at radius 2 is 1.61 bits per heavy atom. The molecule has 0 bridgehead atoms. The third kappa shape index (κ3) is 8.90. The van der Waals surface area contributed by atoms with Gasteiger partial charge in [-0.15, -0.1) is 0 Å². The van der Waals surface area contributed by atoms with Crippen molar-refractivity contribution in [3.8, 4) is 0 Å². The Bertz CT molecular complexity index is 1150. The predicted molar refractivity (Wildman–Crippen MR) is 167 cm³/mol. The van der Waals surface area contributed by atoms with Crippen LogP contribution in [0, 0.1) is 0 Å². The summed E-state index contributed by atoms with van der Waals surface area (Å²) in [4.78, 5) is 28.2. The van der Waals surface area contributed by atoms with Crippen molar-refractivity contribution in [3.63, 3.8) is 0 Å². The molecule has 0 spiro atoms. The molecule has 8 heteroatoms. The third-order valence-corrected chi connectivity index (χ3v) is 12.6. The number of aliphatic hydroxyl groups is 1. The number of hydrogen-bond donors (Lipinski definition) is 2. The zero-order chi connectivity index (χ0) is 30.6. The van der Waals surface area contributed by atoms with Gasteiger partial charge in [0, 0.05) is 18.2 Å². The van der Waals surface area contributed by atoms with Crippen LogP contribution in [0.3, 0.4) is 0 Å². The van der Waals surface area contributed by atoms with Gasteiger partial charge >= 0.3 is 6.09 Å². The molecule has 1 fully saturated rings. The van der Waals surface area contributed by atoms with Gasteiger partial charge in [0.25, 0.3) is 5.91 Å². The molecular weight excluding hydrogens is 532 g/mol. The first-order valence-electron chi connectivity index (χ1n) is 14.8. The number of carbonyl (C=O) groups is 2. The highest BCUT2D eigenvalue weighted by molar-refractivity contribution is 6.74. The summed E-state index contributed by atoms with van der Waals surface area (Å²) >= 11 is 0. The molecule has 2 N–H and O–H groups in total. The molecule has 0 radical (unpaired) electrons. The Hall–Kier alpha value is -2.68. The maximum Gasteiger partial charge on any atom is 0.410 e. The van der Waals surface area contributed by atoms with E-state index in [0.717, 1.165) is 24.0 Å². The number of carbonyl (C=O) groups excluding carboxylic acids is 2. The van der Waals surface area contributed by atoms with Crippen LogP contribution in [-0.2, 0) is 15.6 Å². The van der Waals surface area contributed by atoms with E-state index in [-0.39, 0.29) is 41.8 Å². The summed E-state index contributed by atoms with van der Waals surface area (Å²) in [5.74, 6) is -0.220. The van der Waals surface area contributed by atoms with Crippen LogP contribution in [0.15, 0.2) is 54.6 Å². The van der Waals surface area contributed by atoms with E-state index in [2.05, 4.69) is 51.3 Å². The molecular formula is C33H50N2O5Si. The molecule has 7 nitrogen and oxygen atoms in total. The summed E-state index contributed by atoms with van der Waals surface area (Å²) in [5.41, 5.74) is 2.02. The lowest BCUT2D eigenvalue weighted by atomic mass is 10.0. The van der Waals surface area contributed by atoms with E-state index in [1.165, 1.54) is 0 Å². The van der Waals surface area contributed by atoms with Gasteiger partial charge in [-0.05, 0) is 88.3 Å². The summed E-state index contributed by atoms with van der Waals surface area (Å²) in [7, 11) is -2.19. The Labute approximate surface area is 247 Å². The molecule has 0 aromatic heterocycles. The summed E-state index contributed by atoms with van der Waals surface area (Å²) in [5, 5.41) is 12.2. The van der Waals surface area contributed by atoms with Crippen LogP contribution in [0.2, 0.25) is 18.1 Å². The average molecular weight is 583 g/mol. The molecule has 3 rings (SSSR count). The van der Waals surface area contributed by atoms with Crippen molar-refractivity contribution >= 4 is 20.3 Å². The molecule has 41 heavy (non-hydrogen) atoms. The number of likely N-dealkylation sites (tertiary alicyclic amines) is 1. The van der Waals surface area contributed by atoms with Gasteiger partial charge in [-0.25, -0.2) is 4.79 Å². The maximum absolute atomic E-state index is 13.8. The second kappa shape index (κ2) is 13.1. The van der Waals surface area contributed by atoms with E-state index in [9.17, 15) is 14.7 Å². The number of ether oxygens (including phenoxy) is 1. The Morgan fingerprint density at radius 1 is 1.00 bits per heavy atom. The van der Waals surface area contributed by atoms with Crippen molar-refractivity contribution < 1.29 is 23.9 Å². The monoisotopic (exact) mass is 582 g/mol. The van der Waals surface area contributed by atoms with Crippen molar-refractivity contribution in [2.24, 2.45) is 0 Å². The van der Waals surface area contributed by atoms with Crippen molar-refractivity contribution in [1.29, 1.82) is 0 Å². The normalized spacial score (nSPS) is 19.5. The van der Waals surface area contributed by atoms with Crippen LogP contribution < -0.4 is 5.32 Å². The first kappa shape index (κ1) is 32.8. The van der Waals surface area contributed by atoms with E-state index in [4.69, 9.17) is 9.16 Å². The minimum absolute atomic E-state index is 0.0119. The highest BCUT2D eigenvalue weighted by atomic mass is 28.4. The van der Waals surface area contributed by atoms with E-state index in [0.29, 0.717) is 12.0 Å². The highest BCUT2D eigenvalue weighted by Crippen LogP contribution is 2.44. The summed E-state index contributed by atoms with van der Waals surface area (Å²) in [6.07, 6.45) is 1.08. The largest absolute Gasteiger partial charge is 0.444 e. The molecule has 2 amide bonds. The highest BCUT2D eigenvalue weighted by Gasteiger charge is 2.47. The molecule has 226 valence electrons. The zero-order valence-electron chi connectivity index (χ0n) is 26.4. The number of aliphatic hydroxyl groups excluding tert-OH is 1. The quantitative estimate of drug-likeness (QED) is 0.315. The zero-order valence-corrected chi connectivity index (χ0v) is 27.4. The molecule has 2 aromatic carbocycles. The Kier molecular flexibility index (Phi) is 10.5. The van der Waals surface area contributed by atoms with Crippen molar-refractivity contribution in [2.45, 2.75) is 116 Å². The fraction of sp³-hybridized carbons (Fsp3) is 0.576. The van der Waals surface area contributed by atoms with Crippen LogP contribution in [0.4, 0.5) is 4.79 Å². The molecule has 1 saturated heterocycles. The lowest BCUT2D eigenvalue weighted by Gasteiger charge is -2.43. The fourth-order valence-electron chi connectivity index (χ4n) is 4.92. The first-order chi connectivity index (χ1) is 19.0. The smallest absolute Gasteiger partial charge is 0.410 e. The van der Waals surface area contributed by atoms with Crippen LogP contribution in [-0.4, -0.2) is 60.7 Å². The molecule has 0 saturated carbocycles. The standard InChI is InChI=1S/C33H50N2O5Si/c1-23(36)22-34-30(37)26-17-15-24(16-18-26)21-27-19-20-28(35(27)31(38)39-32(2,3)4)29(25-13-11-10-12-14-25)40-41(8,9)33(5,6)7/h10-18,23,27-29,36H,19-22H2,1-9H3,(H,34,37)/t23?,27?,28?,29-/m1/s1. The van der Waals surface area contributed by atoms with Gasteiger partial charge in [0.1, 0.15) is 5.60 Å². The van der Waals surface area contributed by atoms with Gasteiger partial charge in [-0.2, -0.15) is 0 Å². The summed E-state index contributed by atoms with van der Waals surface area (Å²) < 4.78 is 13.1. The van der Waals surface area contributed by atoms with Gasteiger partial charge < -0.3 is 19.6 Å². The molecule has 3 unspecified atom stereocenters. The molecule has 2 aromatic rings. The van der Waals surface area contributed by atoms with Crippen LogP contribution in [0.5, 0.6) is 0 Å². The minimum atomic E-state index is -2.19. The number of nitrogens with zero attached hydrogens (tertiary/aromatic N) is 1. The molecule has 1 aliphatic rings. The SMILES string of the molecule is CC(O)CNC(=O)c1ccc(CC2CCC([C@H](O[Si](C)(C)C(C)(C)C)c3ccccc3)N2C(=O)OC(C)(C)C)cc1. The molecule has 0 aliphatic carbocycles. The first-order valence-corrected chi connectivity index (χ1v) is 17.7. The van der Waals surface area contributed by atoms with Crippen LogP contribution >= 0.6 is 0 Å². The number of rotatable bonds is 9. The predicted octanol–water partition coefficient (Wildman–Crippen LogP) is 6.87. The Balaban J connectivity index is 1.92. The number of nitrogens with one attached hydrogen (secondary N) is 1. The summed E-state index contributed by atoms with van der Waals surface area (Å²) in [6, 6.07) is 17.5. The number of benzene rings is 2. The third-order valence-electron chi connectivity index (χ3n) is 8.10. The van der Waals surface area contributed by atoms with Gasteiger partial charge in [0.2, 0.25) is 0 Å². The van der Waals surface area contributed by atoms with E-state index in [1.807, 2.05) is 56.0 Å². The molecule has 1 heterocycles. The van der Waals surface area contributed by atoms with E-state index >= 15 is 0 Å². The van der Waals surface area contributed by atoms with Crippen molar-refractivity contribution in [1.82, 2.24) is 10.2 Å². The second-order valence-electron chi connectivity index (χ2n) is 13.9. The topological polar surface area (TPSA) is 88.1 Å². The average Bonchev–Trinajstić information content (AvgIpc) is 3.28. The van der Waals surface area contributed by atoms with E-state index < -0.39 is 20.0 Å². The summed E-state index contributed by atoms with van der Waals surface area (Å²) in [6.45, 7) is 18.7. The maximum atomic E-state index is 13.8. The lowest BCUT2D eigenvalue weighted by molar-refractivity contribution is -0.00239. The fourth-order valence-corrected chi connectivity index (χ4v) is 6.20. The molecule has 4 atom stereocenters. The van der Waals surface area contributed by atoms with Gasteiger partial charge in [0.15, 0.2) is 8.32 Å². The van der Waals surface area contributed by atoms with Crippen LogP contribution in [0.1, 0.15) is 88.9 Å². The van der Waals surface area contributed by atoms with Crippen LogP contribution in [0.25, 0.3) is 0 Å². The second-order valence-corrected chi connectivity index (χ2v) is 18.6. The Morgan fingerprint density at radius 3 is 2.15 bits per heavy atom. The van der Waals surface area contributed by atoms with Gasteiger partial charge in [-0.1, -0.05) is 63.2 Å². The van der Waals surface area contributed by atoms with Gasteiger partial charge in [0.05, 0.1) is 18.2 Å². The minimum Gasteiger partial charge on any atom is -0.444 e. The number of hydrogen-bond acceptors (Lipinski definition) is 5. The van der Waals surface area contributed by atoms with E-state index in [1.54, 1.807) is 19.1 Å². The van der Waals surface area contributed by atoms with Crippen molar-refractivity contribution in [2.75, 3.05) is 6.54 Å².